The van der Waals surface area contributed by atoms with Crippen molar-refractivity contribution in [2.75, 3.05) is 0 Å². The van der Waals surface area contributed by atoms with Crippen LogP contribution in [0, 0.1) is 6.92 Å². The van der Waals surface area contributed by atoms with Crippen LogP contribution in [0.15, 0.2) is 23.9 Å². The average molecular weight is 228 g/mol. The molecule has 1 fully saturated rings. The molecule has 2 heteroatoms. The highest BCUT2D eigenvalue weighted by Crippen LogP contribution is 2.37. The lowest BCUT2D eigenvalue weighted by atomic mass is 9.95. The van der Waals surface area contributed by atoms with Crippen LogP contribution in [0.3, 0.4) is 0 Å². The summed E-state index contributed by atoms with van der Waals surface area (Å²) in [4.78, 5) is 2.51. The summed E-state index contributed by atoms with van der Waals surface area (Å²) in [5.74, 6) is 0. The van der Waals surface area contributed by atoms with Gasteiger partial charge in [-0.2, -0.15) is 0 Å². The summed E-state index contributed by atoms with van der Waals surface area (Å²) in [6.07, 6.45) is 4.94. The fourth-order valence-corrected chi connectivity index (χ4v) is 2.70. The molecule has 3 rings (SSSR count). The van der Waals surface area contributed by atoms with Gasteiger partial charge >= 0.3 is 0 Å². The SMILES string of the molecule is Cc1cccc2c1CN(C1CC1)C(C(C)N)=C2. The maximum Gasteiger partial charge on any atom is 0.0438 e. The summed E-state index contributed by atoms with van der Waals surface area (Å²) in [5, 5.41) is 0. The van der Waals surface area contributed by atoms with Crippen LogP contribution in [0.1, 0.15) is 36.5 Å². The minimum atomic E-state index is 0.129. The van der Waals surface area contributed by atoms with E-state index >= 15 is 0 Å². The number of fused-ring (bicyclic) bond motifs is 1. The molecule has 0 radical (unpaired) electrons. The van der Waals surface area contributed by atoms with E-state index in [0.29, 0.717) is 0 Å². The molecule has 0 spiro atoms. The molecule has 1 aromatic carbocycles. The van der Waals surface area contributed by atoms with Crippen molar-refractivity contribution in [1.82, 2.24) is 4.90 Å². The number of nitrogens with zero attached hydrogens (tertiary/aromatic N) is 1. The summed E-state index contributed by atoms with van der Waals surface area (Å²) in [7, 11) is 0. The zero-order valence-electron chi connectivity index (χ0n) is 10.6. The Morgan fingerprint density at radius 1 is 1.35 bits per heavy atom. The summed E-state index contributed by atoms with van der Waals surface area (Å²) < 4.78 is 0. The first-order valence-electron chi connectivity index (χ1n) is 6.49. The first kappa shape index (κ1) is 10.8. The smallest absolute Gasteiger partial charge is 0.0438 e. The average Bonchev–Trinajstić information content (AvgIpc) is 3.12. The molecule has 1 saturated carbocycles. The van der Waals surface area contributed by atoms with E-state index < -0.39 is 0 Å². The third kappa shape index (κ3) is 1.87. The minimum Gasteiger partial charge on any atom is -0.366 e. The van der Waals surface area contributed by atoms with Gasteiger partial charge in [0.25, 0.3) is 0 Å². The molecular weight excluding hydrogens is 208 g/mol. The van der Waals surface area contributed by atoms with Crippen molar-refractivity contribution in [3.8, 4) is 0 Å². The van der Waals surface area contributed by atoms with Crippen molar-refractivity contribution >= 4 is 6.08 Å². The maximum atomic E-state index is 6.11. The van der Waals surface area contributed by atoms with Gasteiger partial charge in [-0.3, -0.25) is 0 Å². The first-order chi connectivity index (χ1) is 8.16. The quantitative estimate of drug-likeness (QED) is 0.843. The van der Waals surface area contributed by atoms with Crippen LogP contribution in [0.2, 0.25) is 0 Å². The van der Waals surface area contributed by atoms with Crippen LogP contribution in [0.4, 0.5) is 0 Å². The molecule has 90 valence electrons. The lowest BCUT2D eigenvalue weighted by Gasteiger charge is -2.34. The topological polar surface area (TPSA) is 29.3 Å². The van der Waals surface area contributed by atoms with Gasteiger partial charge in [-0.25, -0.2) is 0 Å². The van der Waals surface area contributed by atoms with Crippen molar-refractivity contribution in [2.45, 2.75) is 45.3 Å². The van der Waals surface area contributed by atoms with Crippen molar-refractivity contribution in [1.29, 1.82) is 0 Å². The van der Waals surface area contributed by atoms with Gasteiger partial charge in [0.1, 0.15) is 0 Å². The van der Waals surface area contributed by atoms with E-state index in [2.05, 4.69) is 43.0 Å². The van der Waals surface area contributed by atoms with Gasteiger partial charge in [0.2, 0.25) is 0 Å². The van der Waals surface area contributed by atoms with E-state index in [-0.39, 0.29) is 6.04 Å². The third-order valence-electron chi connectivity index (χ3n) is 3.86. The summed E-state index contributed by atoms with van der Waals surface area (Å²) in [6, 6.07) is 7.41. The highest BCUT2D eigenvalue weighted by molar-refractivity contribution is 5.61. The summed E-state index contributed by atoms with van der Waals surface area (Å²) in [5.41, 5.74) is 11.6. The summed E-state index contributed by atoms with van der Waals surface area (Å²) in [6.45, 7) is 5.33. The predicted molar refractivity (Wildman–Crippen MR) is 71.4 cm³/mol. The Balaban J connectivity index is 2.05. The molecule has 0 bridgehead atoms. The number of rotatable bonds is 2. The molecule has 0 aromatic heterocycles. The highest BCUT2D eigenvalue weighted by Gasteiger charge is 2.33. The minimum absolute atomic E-state index is 0.129. The zero-order valence-corrected chi connectivity index (χ0v) is 10.6. The van der Waals surface area contributed by atoms with Crippen LogP contribution in [0.5, 0.6) is 0 Å². The second-order valence-electron chi connectivity index (χ2n) is 5.36. The van der Waals surface area contributed by atoms with Crippen molar-refractivity contribution in [2.24, 2.45) is 5.73 Å². The fourth-order valence-electron chi connectivity index (χ4n) is 2.70. The van der Waals surface area contributed by atoms with Gasteiger partial charge in [0.15, 0.2) is 0 Å². The van der Waals surface area contributed by atoms with Crippen LogP contribution in [-0.2, 0) is 6.54 Å². The van der Waals surface area contributed by atoms with E-state index in [9.17, 15) is 0 Å². The molecule has 1 unspecified atom stereocenters. The van der Waals surface area contributed by atoms with Crippen LogP contribution < -0.4 is 5.73 Å². The molecule has 0 amide bonds. The van der Waals surface area contributed by atoms with E-state index in [1.165, 1.54) is 35.2 Å². The first-order valence-corrected chi connectivity index (χ1v) is 6.49. The molecule has 1 aromatic rings. The molecule has 1 atom stereocenters. The largest absolute Gasteiger partial charge is 0.366 e. The Kier molecular flexibility index (Phi) is 2.48. The number of aryl methyl sites for hydroxylation is 1. The molecular formula is C15H20N2. The number of benzene rings is 1. The van der Waals surface area contributed by atoms with Crippen LogP contribution in [-0.4, -0.2) is 17.0 Å². The van der Waals surface area contributed by atoms with Crippen molar-refractivity contribution in [3.05, 3.63) is 40.6 Å². The Morgan fingerprint density at radius 3 is 2.76 bits per heavy atom. The monoisotopic (exact) mass is 228 g/mol. The Morgan fingerprint density at radius 2 is 2.12 bits per heavy atom. The molecule has 1 heterocycles. The summed E-state index contributed by atoms with van der Waals surface area (Å²) >= 11 is 0. The van der Waals surface area contributed by atoms with Gasteiger partial charge < -0.3 is 10.6 Å². The van der Waals surface area contributed by atoms with Gasteiger partial charge in [0.05, 0.1) is 0 Å². The standard InChI is InChI=1S/C15H20N2/c1-10-4-3-5-12-8-15(11(2)16)17(9-14(10)12)13-6-7-13/h3-5,8,11,13H,6-7,9,16H2,1-2H3. The number of hydrogen-bond acceptors (Lipinski definition) is 2. The van der Waals surface area contributed by atoms with Gasteiger partial charge in [-0.05, 0) is 49.5 Å². The van der Waals surface area contributed by atoms with Crippen molar-refractivity contribution in [3.63, 3.8) is 0 Å². The van der Waals surface area contributed by atoms with Gasteiger partial charge in [-0.1, -0.05) is 18.2 Å². The second-order valence-corrected chi connectivity index (χ2v) is 5.36. The zero-order chi connectivity index (χ0) is 12.0. The van der Waals surface area contributed by atoms with E-state index in [0.717, 1.165) is 12.6 Å². The molecule has 17 heavy (non-hydrogen) atoms. The molecule has 2 N–H and O–H groups in total. The predicted octanol–water partition coefficient (Wildman–Crippen LogP) is 2.66. The van der Waals surface area contributed by atoms with Gasteiger partial charge in [-0.15, -0.1) is 0 Å². The van der Waals surface area contributed by atoms with Gasteiger partial charge in [0, 0.05) is 24.3 Å². The van der Waals surface area contributed by atoms with E-state index in [1.807, 2.05) is 0 Å². The highest BCUT2D eigenvalue weighted by atomic mass is 15.2. The maximum absolute atomic E-state index is 6.11. The number of hydrogen-bond donors (Lipinski definition) is 1. The lowest BCUT2D eigenvalue weighted by Crippen LogP contribution is -2.36. The van der Waals surface area contributed by atoms with E-state index in [1.54, 1.807) is 0 Å². The fraction of sp³-hybridized carbons (Fsp3) is 0.467. The lowest BCUT2D eigenvalue weighted by molar-refractivity contribution is 0.305. The normalized spacial score (nSPS) is 20.9. The molecule has 0 saturated heterocycles. The third-order valence-corrected chi connectivity index (χ3v) is 3.86. The number of nitrogens with two attached hydrogens (primary N) is 1. The molecule has 1 aliphatic carbocycles. The molecule has 1 aliphatic heterocycles. The molecule has 2 nitrogen and oxygen atoms in total. The van der Waals surface area contributed by atoms with Crippen LogP contribution >= 0.6 is 0 Å². The molecule has 2 aliphatic rings. The Labute approximate surface area is 103 Å². The Hall–Kier alpha value is -1.28. The second kappa shape index (κ2) is 3.88. The van der Waals surface area contributed by atoms with Crippen molar-refractivity contribution < 1.29 is 0 Å². The Bertz CT molecular complexity index is 470. The van der Waals surface area contributed by atoms with Crippen LogP contribution in [0.25, 0.3) is 6.08 Å². The van der Waals surface area contributed by atoms with E-state index in [4.69, 9.17) is 5.73 Å².